The molecule has 1 aromatic heterocycles. The smallest absolute Gasteiger partial charge is 0.240 e. The van der Waals surface area contributed by atoms with Crippen LogP contribution in [0, 0.1) is 11.8 Å². The monoisotopic (exact) mass is 649 g/mol. The lowest BCUT2D eigenvalue weighted by atomic mass is 9.95. The van der Waals surface area contributed by atoms with Crippen LogP contribution in [-0.2, 0) is 9.59 Å². The van der Waals surface area contributed by atoms with Crippen LogP contribution in [0.3, 0.4) is 0 Å². The van der Waals surface area contributed by atoms with Crippen LogP contribution in [-0.4, -0.2) is 82.6 Å². The van der Waals surface area contributed by atoms with Crippen LogP contribution in [0.2, 0.25) is 0 Å². The molecular weight excluding hydrogens is 598 g/mol. The minimum atomic E-state index is -0.191. The molecule has 4 heterocycles. The van der Waals surface area contributed by atoms with Gasteiger partial charge in [-0.05, 0) is 79.4 Å². The summed E-state index contributed by atoms with van der Waals surface area (Å²) < 4.78 is 0. The van der Waals surface area contributed by atoms with Gasteiger partial charge in [-0.25, -0.2) is 4.98 Å². The highest BCUT2D eigenvalue weighted by Gasteiger charge is 2.38. The highest BCUT2D eigenvalue weighted by Crippen LogP contribution is 2.34. The maximum Gasteiger partial charge on any atom is 0.240 e. The topological polar surface area (TPSA) is 106 Å². The molecular formula is C39H51N7O2. The fraction of sp³-hybridized carbons (Fsp3) is 0.487. The third kappa shape index (κ3) is 6.76. The Balaban J connectivity index is 1.08. The Morgan fingerprint density at radius 3 is 1.79 bits per heavy atom. The van der Waals surface area contributed by atoms with E-state index in [0.29, 0.717) is 0 Å². The van der Waals surface area contributed by atoms with E-state index in [1.807, 2.05) is 36.3 Å². The lowest BCUT2D eigenvalue weighted by Gasteiger charge is -2.30. The van der Waals surface area contributed by atoms with E-state index in [0.717, 1.165) is 79.1 Å². The Bertz CT molecular complexity index is 1650. The molecule has 3 aliphatic rings. The second-order valence-electron chi connectivity index (χ2n) is 14.2. The van der Waals surface area contributed by atoms with E-state index < -0.39 is 0 Å². The Morgan fingerprint density at radius 2 is 1.25 bits per heavy atom. The van der Waals surface area contributed by atoms with Gasteiger partial charge in [-0.15, -0.1) is 0 Å². The number of aromatic amines is 1. The minimum Gasteiger partial charge on any atom is -0.340 e. The van der Waals surface area contributed by atoms with Crippen molar-refractivity contribution in [1.82, 2.24) is 30.4 Å². The number of nitrogens with one attached hydrogen (secondary N) is 3. The number of likely N-dealkylation sites (tertiary alicyclic amines) is 2. The predicted octanol–water partition coefficient (Wildman–Crippen LogP) is 6.07. The molecule has 0 spiro atoms. The molecule has 2 amide bonds. The van der Waals surface area contributed by atoms with Crippen molar-refractivity contribution in [3.63, 3.8) is 0 Å². The van der Waals surface area contributed by atoms with Crippen molar-refractivity contribution in [3.05, 3.63) is 72.3 Å². The number of hydrogen-bond donors (Lipinski definition) is 3. The fourth-order valence-electron chi connectivity index (χ4n) is 7.73. The molecule has 254 valence electrons. The molecule has 6 rings (SSSR count). The number of carbonyl (C=O) groups is 2. The number of likely N-dealkylation sites (N-methyl/N-ethyl adjacent to an activating group) is 2. The second-order valence-corrected chi connectivity index (χ2v) is 14.2. The standard InChI is InChI=1S/C39H51N7O2/c1-24(2)35(40-5)38(47)45-19-7-9-33(45)31-21-30(22-42-31)28-13-11-26(12-14-28)27-15-17-29(18-16-27)32-23-43-37(44-32)34-10-8-20-46(34)39(48)36(41-6)25(3)4/h11-18,22-25,33-36,40-41H,7-10,19-21H2,1-6H3,(H,43,44)/t33-,34?,35-,36-/m0/s1. The first-order valence-electron chi connectivity index (χ1n) is 17.7. The summed E-state index contributed by atoms with van der Waals surface area (Å²) in [6.07, 6.45) is 8.54. The average Bonchev–Trinajstić information content (AvgIpc) is 3.91. The minimum absolute atomic E-state index is 0.0229. The van der Waals surface area contributed by atoms with Gasteiger partial charge >= 0.3 is 0 Å². The van der Waals surface area contributed by atoms with E-state index in [1.165, 1.54) is 11.1 Å². The van der Waals surface area contributed by atoms with E-state index in [4.69, 9.17) is 9.98 Å². The van der Waals surface area contributed by atoms with Gasteiger partial charge in [0.15, 0.2) is 0 Å². The summed E-state index contributed by atoms with van der Waals surface area (Å²) in [5, 5.41) is 6.41. The molecule has 3 aliphatic heterocycles. The molecule has 48 heavy (non-hydrogen) atoms. The van der Waals surface area contributed by atoms with Crippen molar-refractivity contribution in [2.24, 2.45) is 16.8 Å². The number of hydrogen-bond acceptors (Lipinski definition) is 6. The van der Waals surface area contributed by atoms with Gasteiger partial charge in [-0.1, -0.05) is 76.2 Å². The highest BCUT2D eigenvalue weighted by atomic mass is 16.2. The lowest BCUT2D eigenvalue weighted by molar-refractivity contribution is -0.135. The normalized spacial score (nSPS) is 20.8. The molecule has 9 heteroatoms. The Morgan fingerprint density at radius 1 is 0.750 bits per heavy atom. The maximum absolute atomic E-state index is 13.3. The largest absolute Gasteiger partial charge is 0.340 e. The van der Waals surface area contributed by atoms with Crippen LogP contribution >= 0.6 is 0 Å². The average molecular weight is 650 g/mol. The van der Waals surface area contributed by atoms with Gasteiger partial charge in [0.05, 0.1) is 36.1 Å². The Labute approximate surface area is 285 Å². The molecule has 0 aliphatic carbocycles. The number of carbonyl (C=O) groups excluding carboxylic acids is 2. The zero-order chi connectivity index (χ0) is 33.9. The molecule has 2 fully saturated rings. The van der Waals surface area contributed by atoms with Crippen molar-refractivity contribution < 1.29 is 9.59 Å². The third-order valence-corrected chi connectivity index (χ3v) is 10.4. The predicted molar refractivity (Wildman–Crippen MR) is 193 cm³/mol. The number of amides is 2. The zero-order valence-corrected chi connectivity index (χ0v) is 29.3. The van der Waals surface area contributed by atoms with Crippen molar-refractivity contribution in [2.75, 3.05) is 27.2 Å². The molecule has 3 N–H and O–H groups in total. The van der Waals surface area contributed by atoms with Crippen LogP contribution < -0.4 is 10.6 Å². The van der Waals surface area contributed by atoms with Crippen molar-refractivity contribution in [1.29, 1.82) is 0 Å². The molecule has 0 radical (unpaired) electrons. The summed E-state index contributed by atoms with van der Waals surface area (Å²) in [5.41, 5.74) is 7.78. The van der Waals surface area contributed by atoms with Gasteiger partial charge < -0.3 is 25.4 Å². The van der Waals surface area contributed by atoms with Crippen molar-refractivity contribution in [3.8, 4) is 22.4 Å². The van der Waals surface area contributed by atoms with Crippen LogP contribution in [0.15, 0.2) is 65.9 Å². The summed E-state index contributed by atoms with van der Waals surface area (Å²) in [5.74, 6) is 1.65. The number of benzene rings is 2. The van der Waals surface area contributed by atoms with Crippen LogP contribution in [0.5, 0.6) is 0 Å². The van der Waals surface area contributed by atoms with E-state index >= 15 is 0 Å². The van der Waals surface area contributed by atoms with Gasteiger partial charge in [-0.3, -0.25) is 14.6 Å². The van der Waals surface area contributed by atoms with E-state index in [2.05, 4.69) is 91.8 Å². The number of allylic oxidation sites excluding steroid dienone is 1. The SMILES string of the molecule is CN[C@H](C(=O)N1CCCC1c1ncc(-c2ccc(-c3ccc(C4=CN=C([C@@H]5CCCN5C(=O)[C@@H](NC)C(C)C)C4)cc3)cc2)[nH]1)C(C)C. The van der Waals surface area contributed by atoms with E-state index in [1.54, 1.807) is 0 Å². The van der Waals surface area contributed by atoms with Crippen molar-refractivity contribution >= 4 is 23.1 Å². The first-order valence-corrected chi connectivity index (χ1v) is 17.7. The highest BCUT2D eigenvalue weighted by molar-refractivity contribution is 6.03. The molecule has 1 unspecified atom stereocenters. The maximum atomic E-state index is 13.3. The first kappa shape index (κ1) is 33.8. The molecule has 2 aromatic carbocycles. The van der Waals surface area contributed by atoms with Crippen LogP contribution in [0.4, 0.5) is 0 Å². The summed E-state index contributed by atoms with van der Waals surface area (Å²) >= 11 is 0. The van der Waals surface area contributed by atoms with Gasteiger partial charge in [0.1, 0.15) is 5.82 Å². The number of imidazole rings is 1. The third-order valence-electron chi connectivity index (χ3n) is 10.4. The van der Waals surface area contributed by atoms with Crippen molar-refractivity contribution in [2.45, 2.75) is 84.0 Å². The molecule has 4 atom stereocenters. The molecule has 0 saturated carbocycles. The summed E-state index contributed by atoms with van der Waals surface area (Å²) in [6, 6.07) is 16.9. The number of aromatic nitrogens is 2. The zero-order valence-electron chi connectivity index (χ0n) is 29.3. The molecule has 2 saturated heterocycles. The lowest BCUT2D eigenvalue weighted by Crippen LogP contribution is -2.51. The summed E-state index contributed by atoms with van der Waals surface area (Å²) in [6.45, 7) is 9.90. The van der Waals surface area contributed by atoms with Gasteiger partial charge in [0.25, 0.3) is 0 Å². The quantitative estimate of drug-likeness (QED) is 0.234. The van der Waals surface area contributed by atoms with Gasteiger partial charge in [-0.2, -0.15) is 0 Å². The first-order chi connectivity index (χ1) is 23.2. The van der Waals surface area contributed by atoms with Gasteiger partial charge in [0.2, 0.25) is 11.8 Å². The summed E-state index contributed by atoms with van der Waals surface area (Å²) in [7, 11) is 3.73. The van der Waals surface area contributed by atoms with Crippen LogP contribution in [0.1, 0.15) is 77.2 Å². The fourth-order valence-corrected chi connectivity index (χ4v) is 7.73. The van der Waals surface area contributed by atoms with Gasteiger partial charge in [0, 0.05) is 31.4 Å². The number of aliphatic imine (C=N–C) groups is 1. The number of nitrogens with zero attached hydrogens (tertiary/aromatic N) is 4. The number of H-pyrrole nitrogens is 1. The van der Waals surface area contributed by atoms with Crippen LogP contribution in [0.25, 0.3) is 28.0 Å². The summed E-state index contributed by atoms with van der Waals surface area (Å²) in [4.78, 5) is 43.7. The second kappa shape index (κ2) is 14.6. The Hall–Kier alpha value is -4.08. The molecule has 9 nitrogen and oxygen atoms in total. The number of rotatable bonds is 11. The Kier molecular flexibility index (Phi) is 10.3. The van der Waals surface area contributed by atoms with E-state index in [9.17, 15) is 9.59 Å². The molecule has 3 aromatic rings. The molecule has 0 bridgehead atoms. The van der Waals surface area contributed by atoms with E-state index in [-0.39, 0.29) is 47.8 Å².